The molecule has 0 aliphatic heterocycles. The zero-order chi connectivity index (χ0) is 14.9. The zero-order valence-electron chi connectivity index (χ0n) is 11.5. The third-order valence-electron chi connectivity index (χ3n) is 3.13. The van der Waals surface area contributed by atoms with Gasteiger partial charge in [-0.3, -0.25) is 0 Å². The molecule has 7 heteroatoms. The number of anilines is 2. The second-order valence-electron chi connectivity index (χ2n) is 5.52. The number of nitrogens with zero attached hydrogens (tertiary/aromatic N) is 2. The number of halogens is 3. The van der Waals surface area contributed by atoms with Crippen LogP contribution in [0, 0.1) is 5.92 Å². The number of hydrazine groups is 1. The Hall–Kier alpha value is -1.50. The van der Waals surface area contributed by atoms with E-state index in [9.17, 15) is 13.2 Å². The van der Waals surface area contributed by atoms with Crippen LogP contribution in [0.1, 0.15) is 32.3 Å². The lowest BCUT2D eigenvalue weighted by Gasteiger charge is -2.26. The monoisotopic (exact) mass is 288 g/mol. The topological polar surface area (TPSA) is 54.2 Å². The van der Waals surface area contributed by atoms with Gasteiger partial charge in [-0.2, -0.15) is 13.2 Å². The first-order valence-electron chi connectivity index (χ1n) is 6.64. The van der Waals surface area contributed by atoms with E-state index in [1.165, 1.54) is 0 Å². The van der Waals surface area contributed by atoms with Gasteiger partial charge in [0.05, 0.1) is 5.56 Å². The minimum atomic E-state index is -4.41. The van der Waals surface area contributed by atoms with Crippen LogP contribution in [0.25, 0.3) is 0 Å². The molecule has 0 spiro atoms. The Kier molecular flexibility index (Phi) is 4.08. The molecular weight excluding hydrogens is 269 g/mol. The van der Waals surface area contributed by atoms with Gasteiger partial charge < -0.3 is 10.3 Å². The summed E-state index contributed by atoms with van der Waals surface area (Å²) in [6.07, 6.45) is -2.41. The van der Waals surface area contributed by atoms with E-state index in [1.807, 2.05) is 18.7 Å². The fourth-order valence-corrected chi connectivity index (χ4v) is 2.11. The predicted molar refractivity (Wildman–Crippen MR) is 72.3 cm³/mol. The number of pyridine rings is 1. The van der Waals surface area contributed by atoms with Crippen molar-refractivity contribution in [2.75, 3.05) is 16.9 Å². The maximum Gasteiger partial charge on any atom is 0.416 e. The van der Waals surface area contributed by atoms with E-state index >= 15 is 0 Å². The summed E-state index contributed by atoms with van der Waals surface area (Å²) >= 11 is 0. The molecule has 0 atom stereocenters. The van der Waals surface area contributed by atoms with Crippen LogP contribution in [0.15, 0.2) is 12.1 Å². The molecule has 0 radical (unpaired) electrons. The molecule has 4 nitrogen and oxygen atoms in total. The Bertz CT molecular complexity index is 469. The number of alkyl halides is 3. The van der Waals surface area contributed by atoms with E-state index in [2.05, 4.69) is 10.4 Å². The van der Waals surface area contributed by atoms with Crippen molar-refractivity contribution in [3.05, 3.63) is 17.7 Å². The number of rotatable bonds is 5. The fraction of sp³-hybridized carbons (Fsp3) is 0.615. The van der Waals surface area contributed by atoms with E-state index in [0.29, 0.717) is 24.3 Å². The summed E-state index contributed by atoms with van der Waals surface area (Å²) in [7, 11) is 0. The van der Waals surface area contributed by atoms with Crippen LogP contribution in [0.4, 0.5) is 24.8 Å². The quantitative estimate of drug-likeness (QED) is 0.646. The molecule has 1 heterocycles. The molecule has 0 unspecified atom stereocenters. The Morgan fingerprint density at radius 2 is 2.05 bits per heavy atom. The van der Waals surface area contributed by atoms with Crippen molar-refractivity contribution in [2.45, 2.75) is 38.9 Å². The van der Waals surface area contributed by atoms with Gasteiger partial charge in [-0.1, -0.05) is 13.8 Å². The van der Waals surface area contributed by atoms with Gasteiger partial charge in [0.1, 0.15) is 11.6 Å². The zero-order valence-corrected chi connectivity index (χ0v) is 11.5. The summed E-state index contributed by atoms with van der Waals surface area (Å²) in [6, 6.07) is 2.31. The summed E-state index contributed by atoms with van der Waals surface area (Å²) in [4.78, 5) is 6.12. The minimum absolute atomic E-state index is 0.0317. The third kappa shape index (κ3) is 3.53. The highest BCUT2D eigenvalue weighted by molar-refractivity contribution is 5.52. The van der Waals surface area contributed by atoms with Crippen molar-refractivity contribution < 1.29 is 13.2 Å². The smallest absolute Gasteiger partial charge is 0.353 e. The highest BCUT2D eigenvalue weighted by Gasteiger charge is 2.35. The van der Waals surface area contributed by atoms with Gasteiger partial charge >= 0.3 is 6.18 Å². The van der Waals surface area contributed by atoms with E-state index in [4.69, 9.17) is 5.84 Å². The number of hydrogen-bond acceptors (Lipinski definition) is 4. The molecule has 1 aromatic heterocycles. The molecule has 0 bridgehead atoms. The molecule has 0 saturated heterocycles. The van der Waals surface area contributed by atoms with Crippen molar-refractivity contribution in [1.29, 1.82) is 0 Å². The minimum Gasteiger partial charge on any atom is -0.353 e. The van der Waals surface area contributed by atoms with Crippen LogP contribution in [0.3, 0.4) is 0 Å². The van der Waals surface area contributed by atoms with Crippen molar-refractivity contribution in [1.82, 2.24) is 4.98 Å². The second kappa shape index (κ2) is 5.47. The van der Waals surface area contributed by atoms with Gasteiger partial charge in [-0.25, -0.2) is 10.8 Å². The van der Waals surface area contributed by atoms with Crippen molar-refractivity contribution in [3.8, 4) is 0 Å². The van der Waals surface area contributed by atoms with E-state index in [-0.39, 0.29) is 5.82 Å². The van der Waals surface area contributed by atoms with E-state index < -0.39 is 11.7 Å². The lowest BCUT2D eigenvalue weighted by molar-refractivity contribution is -0.137. The first-order valence-corrected chi connectivity index (χ1v) is 6.64. The molecule has 20 heavy (non-hydrogen) atoms. The third-order valence-corrected chi connectivity index (χ3v) is 3.13. The van der Waals surface area contributed by atoms with Gasteiger partial charge in [0, 0.05) is 12.6 Å². The summed E-state index contributed by atoms with van der Waals surface area (Å²) in [5, 5.41) is 0. The highest BCUT2D eigenvalue weighted by atomic mass is 19.4. The van der Waals surface area contributed by atoms with Crippen LogP contribution in [-0.4, -0.2) is 17.6 Å². The second-order valence-corrected chi connectivity index (χ2v) is 5.52. The first kappa shape index (κ1) is 14.9. The molecular formula is C13H19F3N4. The number of hydrogen-bond donors (Lipinski definition) is 2. The maximum atomic E-state index is 12.9. The van der Waals surface area contributed by atoms with Gasteiger partial charge in [0.25, 0.3) is 0 Å². The van der Waals surface area contributed by atoms with Crippen LogP contribution >= 0.6 is 0 Å². The van der Waals surface area contributed by atoms with Crippen LogP contribution < -0.4 is 16.2 Å². The summed E-state index contributed by atoms with van der Waals surface area (Å²) < 4.78 is 38.7. The SMILES string of the molecule is CC(C)CN(c1cc(C(F)(F)F)cc(NN)n1)C1CC1. The lowest BCUT2D eigenvalue weighted by atomic mass is 10.2. The Balaban J connectivity index is 2.37. The van der Waals surface area contributed by atoms with Gasteiger partial charge in [-0.15, -0.1) is 0 Å². The van der Waals surface area contributed by atoms with E-state index in [0.717, 1.165) is 25.0 Å². The van der Waals surface area contributed by atoms with Crippen molar-refractivity contribution >= 4 is 11.6 Å². The molecule has 0 amide bonds. The normalized spacial score (nSPS) is 15.6. The summed E-state index contributed by atoms with van der Waals surface area (Å²) in [5.74, 6) is 5.94. The molecule has 1 aliphatic rings. The van der Waals surface area contributed by atoms with Gasteiger partial charge in [0.2, 0.25) is 0 Å². The molecule has 112 valence electrons. The number of aromatic nitrogens is 1. The number of nitrogens with two attached hydrogens (primary N) is 1. The van der Waals surface area contributed by atoms with Crippen molar-refractivity contribution in [3.63, 3.8) is 0 Å². The first-order chi connectivity index (χ1) is 9.31. The molecule has 1 aliphatic carbocycles. The molecule has 1 aromatic rings. The highest BCUT2D eigenvalue weighted by Crippen LogP contribution is 2.36. The van der Waals surface area contributed by atoms with Crippen LogP contribution in [-0.2, 0) is 6.18 Å². The Morgan fingerprint density at radius 1 is 1.40 bits per heavy atom. The predicted octanol–water partition coefficient (Wildman–Crippen LogP) is 3.01. The average Bonchev–Trinajstić information content (AvgIpc) is 3.18. The maximum absolute atomic E-state index is 12.9. The van der Waals surface area contributed by atoms with Crippen molar-refractivity contribution in [2.24, 2.45) is 11.8 Å². The standard InChI is InChI=1S/C13H19F3N4/c1-8(2)7-20(10-3-4-10)12-6-9(13(14,15)16)5-11(18-12)19-17/h5-6,8,10H,3-4,7,17H2,1-2H3,(H,18,19). The van der Waals surface area contributed by atoms with Gasteiger partial charge in [0.15, 0.2) is 0 Å². The summed E-state index contributed by atoms with van der Waals surface area (Å²) in [6.45, 7) is 4.75. The van der Waals surface area contributed by atoms with E-state index in [1.54, 1.807) is 0 Å². The molecule has 1 saturated carbocycles. The van der Waals surface area contributed by atoms with Gasteiger partial charge in [-0.05, 0) is 30.9 Å². The molecule has 2 rings (SSSR count). The molecule has 3 N–H and O–H groups in total. The summed E-state index contributed by atoms with van der Waals surface area (Å²) in [5.41, 5.74) is 1.48. The average molecular weight is 288 g/mol. The Labute approximate surface area is 116 Å². The Morgan fingerprint density at radius 3 is 2.50 bits per heavy atom. The van der Waals surface area contributed by atoms with Crippen LogP contribution in [0.5, 0.6) is 0 Å². The lowest BCUT2D eigenvalue weighted by Crippen LogP contribution is -2.31. The largest absolute Gasteiger partial charge is 0.416 e. The number of nitrogens with one attached hydrogen (secondary N) is 1. The van der Waals surface area contributed by atoms with Crippen LogP contribution in [0.2, 0.25) is 0 Å². The fourth-order valence-electron chi connectivity index (χ4n) is 2.11. The molecule has 0 aromatic carbocycles. The molecule has 1 fully saturated rings. The number of nitrogen functional groups attached to an aromatic ring is 1.